The maximum atomic E-state index is 13.1. The number of hydrogen-bond donors (Lipinski definition) is 0. The normalized spacial score (nSPS) is 25.0. The van der Waals surface area contributed by atoms with Gasteiger partial charge < -0.3 is 14.5 Å². The highest BCUT2D eigenvalue weighted by Crippen LogP contribution is 2.42. The van der Waals surface area contributed by atoms with Crippen molar-refractivity contribution in [1.29, 1.82) is 0 Å². The average molecular weight is 421 g/mol. The van der Waals surface area contributed by atoms with Crippen molar-refractivity contribution in [3.63, 3.8) is 0 Å². The fourth-order valence-corrected chi connectivity index (χ4v) is 4.18. The standard InChI is InChI=1S/C18H24ClF3N4O2/c1-17(2,3)28-16(27)26-8-10-5-12(6-11(10)9-26)25(4)14-7-13(18(20,21)22)15(19)24-23-14/h7,10-12H,5-6,8-9H2,1-4H3/t10-,11+,12+. The van der Waals surface area contributed by atoms with Crippen LogP contribution in [0.1, 0.15) is 39.2 Å². The third kappa shape index (κ3) is 4.45. The SMILES string of the molecule is CN(c1cc(C(F)(F)F)c(Cl)nn1)[C@H]1C[C@@H]2CN(C(=O)OC(C)(C)C)C[C@@H]2C1. The Morgan fingerprint density at radius 1 is 1.21 bits per heavy atom. The number of anilines is 1. The van der Waals surface area contributed by atoms with Gasteiger partial charge in [-0.1, -0.05) is 11.6 Å². The molecule has 2 heterocycles. The van der Waals surface area contributed by atoms with Crippen molar-refractivity contribution in [3.05, 3.63) is 16.8 Å². The summed E-state index contributed by atoms with van der Waals surface area (Å²) in [6.45, 7) is 6.69. The van der Waals surface area contributed by atoms with Crippen LogP contribution in [0.5, 0.6) is 0 Å². The number of fused-ring (bicyclic) bond motifs is 1. The lowest BCUT2D eigenvalue weighted by Gasteiger charge is -2.28. The molecule has 0 spiro atoms. The molecule has 0 N–H and O–H groups in total. The predicted octanol–water partition coefficient (Wildman–Crippen LogP) is 4.23. The van der Waals surface area contributed by atoms with E-state index >= 15 is 0 Å². The minimum atomic E-state index is -4.58. The van der Waals surface area contributed by atoms with Gasteiger partial charge in [-0.05, 0) is 51.5 Å². The molecule has 1 aliphatic heterocycles. The summed E-state index contributed by atoms with van der Waals surface area (Å²) < 4.78 is 44.6. The topological polar surface area (TPSA) is 58.6 Å². The molecule has 2 aliphatic rings. The highest BCUT2D eigenvalue weighted by molar-refractivity contribution is 6.30. The van der Waals surface area contributed by atoms with Crippen LogP contribution in [-0.4, -0.2) is 53.0 Å². The van der Waals surface area contributed by atoms with Gasteiger partial charge in [-0.15, -0.1) is 10.2 Å². The lowest BCUT2D eigenvalue weighted by molar-refractivity contribution is -0.137. The Kier molecular flexibility index (Phi) is 5.42. The molecular formula is C18H24ClF3N4O2. The minimum Gasteiger partial charge on any atom is -0.444 e. The van der Waals surface area contributed by atoms with Gasteiger partial charge in [0.15, 0.2) is 11.0 Å². The molecular weight excluding hydrogens is 397 g/mol. The van der Waals surface area contributed by atoms with Crippen LogP contribution in [0.4, 0.5) is 23.8 Å². The molecule has 3 atom stereocenters. The average Bonchev–Trinajstić information content (AvgIpc) is 3.10. The van der Waals surface area contributed by atoms with E-state index in [1.165, 1.54) is 0 Å². The van der Waals surface area contributed by atoms with Crippen LogP contribution >= 0.6 is 11.6 Å². The van der Waals surface area contributed by atoms with Crippen molar-refractivity contribution in [2.45, 2.75) is 51.4 Å². The van der Waals surface area contributed by atoms with Crippen LogP contribution in [0.3, 0.4) is 0 Å². The third-order valence-electron chi connectivity index (χ3n) is 5.33. The summed E-state index contributed by atoms with van der Waals surface area (Å²) in [6.07, 6.45) is -3.36. The lowest BCUT2D eigenvalue weighted by atomic mass is 10.0. The molecule has 6 nitrogen and oxygen atoms in total. The molecule has 0 unspecified atom stereocenters. The number of halogens is 4. The largest absolute Gasteiger partial charge is 0.444 e. The van der Waals surface area contributed by atoms with Gasteiger partial charge in [0.05, 0.1) is 5.56 Å². The highest BCUT2D eigenvalue weighted by Gasteiger charge is 2.45. The maximum absolute atomic E-state index is 13.1. The molecule has 1 aromatic rings. The Bertz CT molecular complexity index is 739. The van der Waals surface area contributed by atoms with Crippen LogP contribution in [0.15, 0.2) is 6.07 Å². The van der Waals surface area contributed by atoms with Crippen LogP contribution in [0.2, 0.25) is 5.15 Å². The number of aromatic nitrogens is 2. The molecule has 3 rings (SSSR count). The van der Waals surface area contributed by atoms with Crippen molar-refractivity contribution >= 4 is 23.5 Å². The first-order valence-electron chi connectivity index (χ1n) is 9.16. The summed E-state index contributed by atoms with van der Waals surface area (Å²) in [5, 5.41) is 6.65. The number of amides is 1. The first-order chi connectivity index (χ1) is 12.8. The zero-order valence-electron chi connectivity index (χ0n) is 16.3. The van der Waals surface area contributed by atoms with Crippen LogP contribution in [-0.2, 0) is 10.9 Å². The fourth-order valence-electron chi connectivity index (χ4n) is 3.98. The molecule has 10 heteroatoms. The monoisotopic (exact) mass is 420 g/mol. The van der Waals surface area contributed by atoms with Gasteiger partial charge in [0.25, 0.3) is 0 Å². The fraction of sp³-hybridized carbons (Fsp3) is 0.722. The number of nitrogens with zero attached hydrogens (tertiary/aromatic N) is 4. The Hall–Kier alpha value is -1.77. The molecule has 1 aliphatic carbocycles. The molecule has 1 saturated carbocycles. The van der Waals surface area contributed by atoms with E-state index in [2.05, 4.69) is 10.2 Å². The Morgan fingerprint density at radius 2 is 1.79 bits per heavy atom. The summed E-state index contributed by atoms with van der Waals surface area (Å²) in [5.74, 6) is 0.732. The summed E-state index contributed by atoms with van der Waals surface area (Å²) >= 11 is 5.55. The molecule has 1 aromatic heterocycles. The summed E-state index contributed by atoms with van der Waals surface area (Å²) in [5.41, 5.74) is -1.53. The van der Waals surface area contributed by atoms with Crippen molar-refractivity contribution < 1.29 is 22.7 Å². The number of carbonyl (C=O) groups excluding carboxylic acids is 1. The van der Waals surface area contributed by atoms with Crippen molar-refractivity contribution in [2.24, 2.45) is 11.8 Å². The number of ether oxygens (including phenoxy) is 1. The Balaban J connectivity index is 1.64. The summed E-state index contributed by atoms with van der Waals surface area (Å²) in [4.78, 5) is 15.7. The third-order valence-corrected chi connectivity index (χ3v) is 5.61. The second-order valence-electron chi connectivity index (χ2n) is 8.55. The lowest BCUT2D eigenvalue weighted by Crippen LogP contribution is -2.37. The second kappa shape index (κ2) is 7.24. The zero-order valence-corrected chi connectivity index (χ0v) is 17.0. The van der Waals surface area contributed by atoms with E-state index in [0.717, 1.165) is 18.9 Å². The number of hydrogen-bond acceptors (Lipinski definition) is 5. The number of alkyl halides is 3. The van der Waals surface area contributed by atoms with Crippen molar-refractivity contribution in [2.75, 3.05) is 25.0 Å². The first-order valence-corrected chi connectivity index (χ1v) is 9.54. The Morgan fingerprint density at radius 3 is 2.29 bits per heavy atom. The van der Waals surface area contributed by atoms with E-state index in [4.69, 9.17) is 16.3 Å². The smallest absolute Gasteiger partial charge is 0.419 e. The minimum absolute atomic E-state index is 0.0346. The second-order valence-corrected chi connectivity index (χ2v) is 8.90. The zero-order chi connectivity index (χ0) is 20.9. The quantitative estimate of drug-likeness (QED) is 0.716. The number of rotatable bonds is 2. The van der Waals surface area contributed by atoms with E-state index in [1.54, 1.807) is 16.8 Å². The van der Waals surface area contributed by atoms with Crippen LogP contribution < -0.4 is 4.90 Å². The summed E-state index contributed by atoms with van der Waals surface area (Å²) in [6, 6.07) is 0.975. The van der Waals surface area contributed by atoms with Crippen LogP contribution in [0, 0.1) is 11.8 Å². The molecule has 28 heavy (non-hydrogen) atoms. The van der Waals surface area contributed by atoms with E-state index < -0.39 is 22.5 Å². The molecule has 0 bridgehead atoms. The van der Waals surface area contributed by atoms with Gasteiger partial charge in [-0.25, -0.2) is 4.79 Å². The van der Waals surface area contributed by atoms with Crippen molar-refractivity contribution in [1.82, 2.24) is 15.1 Å². The van der Waals surface area contributed by atoms with Gasteiger partial charge in [0.2, 0.25) is 0 Å². The molecule has 0 aromatic carbocycles. The van der Waals surface area contributed by atoms with Gasteiger partial charge in [-0.3, -0.25) is 0 Å². The molecule has 1 saturated heterocycles. The predicted molar refractivity (Wildman–Crippen MR) is 98.3 cm³/mol. The molecule has 2 fully saturated rings. The van der Waals surface area contributed by atoms with Gasteiger partial charge in [0.1, 0.15) is 5.60 Å². The maximum Gasteiger partial charge on any atom is 0.419 e. The number of likely N-dealkylation sites (tertiary alicyclic amines) is 1. The van der Waals surface area contributed by atoms with E-state index in [0.29, 0.717) is 24.9 Å². The highest BCUT2D eigenvalue weighted by atomic mass is 35.5. The van der Waals surface area contributed by atoms with E-state index in [1.807, 2.05) is 20.8 Å². The van der Waals surface area contributed by atoms with Gasteiger partial charge in [-0.2, -0.15) is 13.2 Å². The van der Waals surface area contributed by atoms with Gasteiger partial charge >= 0.3 is 12.3 Å². The van der Waals surface area contributed by atoms with Crippen LogP contribution in [0.25, 0.3) is 0 Å². The van der Waals surface area contributed by atoms with Gasteiger partial charge in [0, 0.05) is 26.2 Å². The molecule has 0 radical (unpaired) electrons. The van der Waals surface area contributed by atoms with E-state index in [-0.39, 0.29) is 18.0 Å². The van der Waals surface area contributed by atoms with E-state index in [9.17, 15) is 18.0 Å². The molecule has 156 valence electrons. The van der Waals surface area contributed by atoms with Crippen molar-refractivity contribution in [3.8, 4) is 0 Å². The first kappa shape index (κ1) is 21.0. The molecule has 1 amide bonds. The Labute approximate surface area is 167 Å². The number of carbonyl (C=O) groups is 1. The summed E-state index contributed by atoms with van der Waals surface area (Å²) in [7, 11) is 1.72.